The van der Waals surface area contributed by atoms with Crippen molar-refractivity contribution < 1.29 is 9.59 Å². The molecule has 0 unspecified atom stereocenters. The maximum Gasteiger partial charge on any atom is 0.252 e. The first kappa shape index (κ1) is 22.7. The molecule has 7 nitrogen and oxygen atoms in total. The van der Waals surface area contributed by atoms with Gasteiger partial charge in [0.05, 0.1) is 27.7 Å². The van der Waals surface area contributed by atoms with Crippen LogP contribution in [0.4, 0.5) is 5.69 Å². The maximum absolute atomic E-state index is 13.2. The summed E-state index contributed by atoms with van der Waals surface area (Å²) in [5.74, 6) is -0.204. The molecule has 0 saturated carbocycles. The number of fused-ring (bicyclic) bond motifs is 1. The number of nitrogens with zero attached hydrogens (tertiary/aromatic N) is 3. The maximum atomic E-state index is 13.2. The van der Waals surface area contributed by atoms with Crippen LogP contribution in [0.25, 0.3) is 21.6 Å². The highest BCUT2D eigenvalue weighted by atomic mass is 32.1. The van der Waals surface area contributed by atoms with E-state index in [1.54, 1.807) is 17.5 Å². The summed E-state index contributed by atoms with van der Waals surface area (Å²) < 4.78 is 1.84. The van der Waals surface area contributed by atoms with E-state index in [4.69, 9.17) is 4.98 Å². The summed E-state index contributed by atoms with van der Waals surface area (Å²) in [4.78, 5) is 30.9. The fourth-order valence-electron chi connectivity index (χ4n) is 3.62. The van der Waals surface area contributed by atoms with Crippen LogP contribution in [0.15, 0.2) is 54.0 Å². The van der Waals surface area contributed by atoms with Crippen molar-refractivity contribution in [3.8, 4) is 10.6 Å². The van der Waals surface area contributed by atoms with Crippen LogP contribution in [0.3, 0.4) is 0 Å². The Bertz CT molecular complexity index is 1280. The minimum absolute atomic E-state index is 0.0128. The molecule has 2 amide bonds. The number of rotatable bonds is 8. The summed E-state index contributed by atoms with van der Waals surface area (Å²) in [7, 11) is 0. The molecule has 170 valence electrons. The largest absolute Gasteiger partial charge is 0.348 e. The van der Waals surface area contributed by atoms with Crippen molar-refractivity contribution in [2.24, 2.45) is 0 Å². The van der Waals surface area contributed by atoms with E-state index in [0.717, 1.165) is 33.6 Å². The van der Waals surface area contributed by atoms with E-state index >= 15 is 0 Å². The summed E-state index contributed by atoms with van der Waals surface area (Å²) in [5.41, 5.74) is 3.62. The lowest BCUT2D eigenvalue weighted by Crippen LogP contribution is -2.23. The van der Waals surface area contributed by atoms with E-state index in [1.165, 1.54) is 0 Å². The lowest BCUT2D eigenvalue weighted by molar-refractivity contribution is -0.116. The molecular weight excluding hydrogens is 434 g/mol. The quantitative estimate of drug-likeness (QED) is 0.367. The molecule has 3 heterocycles. The van der Waals surface area contributed by atoms with E-state index in [2.05, 4.69) is 15.7 Å². The minimum atomic E-state index is -0.191. The number of carbonyl (C=O) groups excluding carboxylic acids is 2. The molecule has 2 N–H and O–H groups in total. The number of amides is 2. The lowest BCUT2D eigenvalue weighted by atomic mass is 10.1. The molecular formula is C25H27N5O2S. The van der Waals surface area contributed by atoms with E-state index in [-0.39, 0.29) is 17.9 Å². The van der Waals surface area contributed by atoms with E-state index in [9.17, 15) is 9.59 Å². The Kier molecular flexibility index (Phi) is 6.84. The van der Waals surface area contributed by atoms with Crippen LogP contribution >= 0.6 is 11.3 Å². The molecule has 0 atom stereocenters. The number of thiophene rings is 1. The van der Waals surface area contributed by atoms with Crippen molar-refractivity contribution in [1.82, 2.24) is 20.1 Å². The van der Waals surface area contributed by atoms with Crippen LogP contribution in [-0.2, 0) is 11.3 Å². The second-order valence-corrected chi connectivity index (χ2v) is 9.08. The van der Waals surface area contributed by atoms with E-state index < -0.39 is 0 Å². The number of hydrogen-bond donors (Lipinski definition) is 2. The minimum Gasteiger partial charge on any atom is -0.348 e. The van der Waals surface area contributed by atoms with Gasteiger partial charge in [-0.25, -0.2) is 9.67 Å². The zero-order valence-corrected chi connectivity index (χ0v) is 19.8. The predicted molar refractivity (Wildman–Crippen MR) is 132 cm³/mol. The summed E-state index contributed by atoms with van der Waals surface area (Å²) >= 11 is 1.58. The topological polar surface area (TPSA) is 88.9 Å². The predicted octanol–water partition coefficient (Wildman–Crippen LogP) is 5.41. The molecule has 3 aromatic heterocycles. The Morgan fingerprint density at radius 2 is 2.00 bits per heavy atom. The second kappa shape index (κ2) is 9.95. The average Bonchev–Trinajstić information content (AvgIpc) is 3.47. The van der Waals surface area contributed by atoms with Crippen molar-refractivity contribution in [3.63, 3.8) is 0 Å². The Morgan fingerprint density at radius 1 is 1.15 bits per heavy atom. The molecule has 0 aliphatic carbocycles. The number of nitrogens with one attached hydrogen (secondary N) is 2. The van der Waals surface area contributed by atoms with Gasteiger partial charge in [0, 0.05) is 24.7 Å². The summed E-state index contributed by atoms with van der Waals surface area (Å²) in [5, 5.41) is 13.1. The van der Waals surface area contributed by atoms with Gasteiger partial charge in [-0.1, -0.05) is 25.1 Å². The first-order chi connectivity index (χ1) is 16.0. The monoisotopic (exact) mass is 461 g/mol. The molecule has 8 heteroatoms. The highest BCUT2D eigenvalue weighted by Gasteiger charge is 2.19. The summed E-state index contributed by atoms with van der Waals surface area (Å²) in [6, 6.07) is 13.4. The normalized spacial score (nSPS) is 11.2. The Hall–Kier alpha value is -3.52. The number of aromatic nitrogens is 3. The van der Waals surface area contributed by atoms with Gasteiger partial charge in [0.15, 0.2) is 5.65 Å². The molecule has 0 aliphatic rings. The second-order valence-electron chi connectivity index (χ2n) is 8.13. The number of anilines is 1. The van der Waals surface area contributed by atoms with Crippen molar-refractivity contribution in [2.45, 2.75) is 46.2 Å². The molecule has 33 heavy (non-hydrogen) atoms. The van der Waals surface area contributed by atoms with Gasteiger partial charge in [0.1, 0.15) is 0 Å². The van der Waals surface area contributed by atoms with E-state index in [0.29, 0.717) is 24.2 Å². The molecule has 0 aliphatic heterocycles. The fourth-order valence-corrected chi connectivity index (χ4v) is 4.31. The molecule has 0 fully saturated rings. The van der Waals surface area contributed by atoms with Gasteiger partial charge in [-0.3, -0.25) is 9.59 Å². The molecule has 0 bridgehead atoms. The molecule has 4 rings (SSSR count). The van der Waals surface area contributed by atoms with Crippen LogP contribution in [0.5, 0.6) is 0 Å². The van der Waals surface area contributed by atoms with Crippen molar-refractivity contribution in [2.75, 3.05) is 5.32 Å². The van der Waals surface area contributed by atoms with Gasteiger partial charge in [0.25, 0.3) is 5.91 Å². The average molecular weight is 462 g/mol. The first-order valence-electron chi connectivity index (χ1n) is 11.1. The highest BCUT2D eigenvalue weighted by Crippen LogP contribution is 2.29. The van der Waals surface area contributed by atoms with E-state index in [1.807, 2.05) is 73.3 Å². The number of benzene rings is 1. The van der Waals surface area contributed by atoms with Crippen LogP contribution < -0.4 is 10.6 Å². The van der Waals surface area contributed by atoms with Crippen LogP contribution in [0.1, 0.15) is 55.6 Å². The Labute approximate surface area is 196 Å². The Balaban J connectivity index is 1.59. The smallest absolute Gasteiger partial charge is 0.252 e. The molecule has 0 spiro atoms. The molecule has 0 radical (unpaired) electrons. The van der Waals surface area contributed by atoms with Crippen molar-refractivity contribution >= 4 is 39.9 Å². The standard InChI is InChI=1S/C25H27N5O2S/c1-4-7-23(31)28-18-9-5-8-17(12-18)14-26-25(32)19-13-21(22-10-6-11-33-22)29-24-20(19)15-27-30(24)16(2)3/h5-6,8-13,15-16H,4,7,14H2,1-3H3,(H,26,32)(H,28,31). The lowest BCUT2D eigenvalue weighted by Gasteiger charge is -2.11. The number of pyridine rings is 1. The van der Waals surface area contributed by atoms with Gasteiger partial charge >= 0.3 is 0 Å². The zero-order valence-electron chi connectivity index (χ0n) is 19.0. The SMILES string of the molecule is CCCC(=O)Nc1cccc(CNC(=O)c2cc(-c3cccs3)nc3c2cnn3C(C)C)c1. The zero-order chi connectivity index (χ0) is 23.4. The number of carbonyl (C=O) groups is 2. The fraction of sp³-hybridized carbons (Fsp3) is 0.280. The third kappa shape index (κ3) is 5.12. The molecule has 1 aromatic carbocycles. The highest BCUT2D eigenvalue weighted by molar-refractivity contribution is 7.13. The van der Waals surface area contributed by atoms with Gasteiger partial charge < -0.3 is 10.6 Å². The Morgan fingerprint density at radius 3 is 2.73 bits per heavy atom. The van der Waals surface area contributed by atoms with Crippen LogP contribution in [0, 0.1) is 0 Å². The van der Waals surface area contributed by atoms with Gasteiger partial charge in [0.2, 0.25) is 5.91 Å². The van der Waals surface area contributed by atoms with Crippen LogP contribution in [0.2, 0.25) is 0 Å². The van der Waals surface area contributed by atoms with Crippen molar-refractivity contribution in [3.05, 3.63) is 65.2 Å². The molecule has 0 saturated heterocycles. The third-order valence-corrected chi connectivity index (χ3v) is 6.11. The van der Waals surface area contributed by atoms with Gasteiger partial charge in [-0.05, 0) is 55.5 Å². The summed E-state index contributed by atoms with van der Waals surface area (Å²) in [6.07, 6.45) is 2.98. The van der Waals surface area contributed by atoms with Crippen LogP contribution in [-0.4, -0.2) is 26.6 Å². The first-order valence-corrected chi connectivity index (χ1v) is 11.9. The van der Waals surface area contributed by atoms with Crippen molar-refractivity contribution in [1.29, 1.82) is 0 Å². The number of hydrogen-bond acceptors (Lipinski definition) is 5. The summed E-state index contributed by atoms with van der Waals surface area (Å²) in [6.45, 7) is 6.39. The molecule has 4 aromatic rings. The van der Waals surface area contributed by atoms with Gasteiger partial charge in [-0.15, -0.1) is 11.3 Å². The van der Waals surface area contributed by atoms with Gasteiger partial charge in [-0.2, -0.15) is 5.10 Å². The third-order valence-electron chi connectivity index (χ3n) is 5.21.